The van der Waals surface area contributed by atoms with Crippen LogP contribution < -0.4 is 9.46 Å². The first-order valence-electron chi connectivity index (χ1n) is 12.6. The third-order valence-electron chi connectivity index (χ3n) is 6.43. The number of hydrogen-bond donors (Lipinski definition) is 1. The van der Waals surface area contributed by atoms with Crippen molar-refractivity contribution in [1.29, 1.82) is 0 Å². The molecule has 0 spiro atoms. The molecule has 1 aliphatic rings. The number of ether oxygens (including phenoxy) is 2. The summed E-state index contributed by atoms with van der Waals surface area (Å²) in [6, 6.07) is 28.0. The SMILES string of the molecule is CC(CCN1CCC(OC(c2ccccc2)c2ccccc2)CC1)Oc1ccccc1NS(C)(=O)=O. The monoisotopic (exact) mass is 508 g/mol. The predicted molar refractivity (Wildman–Crippen MR) is 145 cm³/mol. The molecular formula is C29H36N2O4S. The highest BCUT2D eigenvalue weighted by Crippen LogP contribution is 2.30. The number of para-hydroxylation sites is 2. The molecule has 1 N–H and O–H groups in total. The zero-order valence-corrected chi connectivity index (χ0v) is 21.9. The van der Waals surface area contributed by atoms with Gasteiger partial charge in [0.05, 0.1) is 24.2 Å². The van der Waals surface area contributed by atoms with E-state index in [0.717, 1.165) is 45.2 Å². The molecule has 0 saturated carbocycles. The predicted octanol–water partition coefficient (Wildman–Crippen LogP) is 5.49. The highest BCUT2D eigenvalue weighted by atomic mass is 32.2. The van der Waals surface area contributed by atoms with Gasteiger partial charge >= 0.3 is 0 Å². The largest absolute Gasteiger partial charge is 0.488 e. The minimum Gasteiger partial charge on any atom is -0.488 e. The molecule has 3 aromatic rings. The van der Waals surface area contributed by atoms with Gasteiger partial charge in [0.1, 0.15) is 11.9 Å². The standard InChI is InChI=1S/C29H36N2O4S/c1-23(34-28-16-10-9-15-27(28)30-36(2,32)33)17-20-31-21-18-26(19-22-31)35-29(24-11-5-3-6-12-24)25-13-7-4-8-14-25/h3-16,23,26,29-30H,17-22H2,1-2H3. The summed E-state index contributed by atoms with van der Waals surface area (Å²) in [6.45, 7) is 4.92. The molecule has 0 bridgehead atoms. The fraction of sp³-hybridized carbons (Fsp3) is 0.379. The second kappa shape index (κ2) is 12.4. The van der Waals surface area contributed by atoms with E-state index in [-0.39, 0.29) is 18.3 Å². The van der Waals surface area contributed by atoms with Gasteiger partial charge in [-0.25, -0.2) is 8.42 Å². The summed E-state index contributed by atoms with van der Waals surface area (Å²) < 4.78 is 38.5. The van der Waals surface area contributed by atoms with Gasteiger partial charge in [-0.1, -0.05) is 72.8 Å². The molecule has 0 aliphatic carbocycles. The molecule has 4 rings (SSSR count). The van der Waals surface area contributed by atoms with Crippen LogP contribution in [0.4, 0.5) is 5.69 Å². The summed E-state index contributed by atoms with van der Waals surface area (Å²) in [5.74, 6) is 0.551. The summed E-state index contributed by atoms with van der Waals surface area (Å²) in [6.07, 6.45) is 4.10. The number of nitrogens with one attached hydrogen (secondary N) is 1. The van der Waals surface area contributed by atoms with E-state index < -0.39 is 10.0 Å². The Morgan fingerprint density at radius 1 is 0.889 bits per heavy atom. The fourth-order valence-corrected chi connectivity index (χ4v) is 5.13. The van der Waals surface area contributed by atoms with E-state index in [4.69, 9.17) is 9.47 Å². The Balaban J connectivity index is 1.27. The molecular weight excluding hydrogens is 472 g/mol. The maximum absolute atomic E-state index is 11.6. The van der Waals surface area contributed by atoms with E-state index >= 15 is 0 Å². The van der Waals surface area contributed by atoms with Crippen LogP contribution >= 0.6 is 0 Å². The first-order valence-corrected chi connectivity index (χ1v) is 14.5. The fourth-order valence-electron chi connectivity index (χ4n) is 4.56. The van der Waals surface area contributed by atoms with E-state index in [1.165, 1.54) is 11.1 Å². The number of hydrogen-bond acceptors (Lipinski definition) is 5. The summed E-state index contributed by atoms with van der Waals surface area (Å²) >= 11 is 0. The molecule has 3 aromatic carbocycles. The van der Waals surface area contributed by atoms with E-state index in [1.54, 1.807) is 18.2 Å². The van der Waals surface area contributed by atoms with Crippen LogP contribution in [0.15, 0.2) is 84.9 Å². The summed E-state index contributed by atoms with van der Waals surface area (Å²) in [7, 11) is -3.36. The highest BCUT2D eigenvalue weighted by Gasteiger charge is 2.25. The molecule has 6 nitrogen and oxygen atoms in total. The number of nitrogens with zero attached hydrogens (tertiary/aromatic N) is 1. The van der Waals surface area contributed by atoms with E-state index in [9.17, 15) is 8.42 Å². The van der Waals surface area contributed by atoms with Crippen LogP contribution in [0.5, 0.6) is 5.75 Å². The molecule has 1 saturated heterocycles. The van der Waals surface area contributed by atoms with Crippen molar-refractivity contribution in [2.24, 2.45) is 0 Å². The Labute approximate surface area is 215 Å². The number of benzene rings is 3. The molecule has 1 atom stereocenters. The molecule has 7 heteroatoms. The highest BCUT2D eigenvalue weighted by molar-refractivity contribution is 7.92. The molecule has 36 heavy (non-hydrogen) atoms. The van der Waals surface area contributed by atoms with Crippen LogP contribution in [-0.2, 0) is 14.8 Å². The Morgan fingerprint density at radius 3 is 2.03 bits per heavy atom. The molecule has 0 aromatic heterocycles. The van der Waals surface area contributed by atoms with Gasteiger partial charge in [0.25, 0.3) is 0 Å². The molecule has 1 aliphatic heterocycles. The van der Waals surface area contributed by atoms with Crippen molar-refractivity contribution < 1.29 is 17.9 Å². The normalized spacial score (nSPS) is 16.1. The molecule has 1 heterocycles. The lowest BCUT2D eigenvalue weighted by Crippen LogP contribution is -2.39. The minimum absolute atomic E-state index is 0.0398. The van der Waals surface area contributed by atoms with Crippen LogP contribution in [0, 0.1) is 0 Å². The van der Waals surface area contributed by atoms with Crippen LogP contribution in [0.3, 0.4) is 0 Å². The maximum atomic E-state index is 11.6. The first kappa shape index (κ1) is 26.2. The van der Waals surface area contributed by atoms with Gasteiger partial charge < -0.3 is 14.4 Å². The third kappa shape index (κ3) is 7.82. The van der Waals surface area contributed by atoms with Crippen molar-refractivity contribution in [3.63, 3.8) is 0 Å². The van der Waals surface area contributed by atoms with Gasteiger partial charge in [0, 0.05) is 19.6 Å². The smallest absolute Gasteiger partial charge is 0.229 e. The Hall–Kier alpha value is -2.87. The summed E-state index contributed by atoms with van der Waals surface area (Å²) in [5.41, 5.74) is 2.83. The maximum Gasteiger partial charge on any atom is 0.229 e. The summed E-state index contributed by atoms with van der Waals surface area (Å²) in [5, 5.41) is 0. The van der Waals surface area contributed by atoms with Crippen molar-refractivity contribution in [2.75, 3.05) is 30.6 Å². The quantitative estimate of drug-likeness (QED) is 0.371. The first-order chi connectivity index (χ1) is 17.4. The van der Waals surface area contributed by atoms with Gasteiger partial charge in [-0.3, -0.25) is 4.72 Å². The van der Waals surface area contributed by atoms with Crippen LogP contribution in [-0.4, -0.2) is 51.4 Å². The lowest BCUT2D eigenvalue weighted by Gasteiger charge is -2.34. The van der Waals surface area contributed by atoms with Crippen LogP contribution in [0.2, 0.25) is 0 Å². The van der Waals surface area contributed by atoms with Crippen LogP contribution in [0.25, 0.3) is 0 Å². The lowest BCUT2D eigenvalue weighted by atomic mass is 10.00. The Bertz CT molecular complexity index is 1140. The second-order valence-corrected chi connectivity index (χ2v) is 11.2. The number of likely N-dealkylation sites (tertiary alicyclic amines) is 1. The van der Waals surface area contributed by atoms with Crippen molar-refractivity contribution >= 4 is 15.7 Å². The zero-order chi connectivity index (χ0) is 25.4. The molecule has 192 valence electrons. The number of sulfonamides is 1. The van der Waals surface area contributed by atoms with E-state index in [2.05, 4.69) is 58.2 Å². The van der Waals surface area contributed by atoms with Gasteiger partial charge in [0.2, 0.25) is 10.0 Å². The molecule has 0 radical (unpaired) electrons. The third-order valence-corrected chi connectivity index (χ3v) is 7.02. The van der Waals surface area contributed by atoms with Crippen molar-refractivity contribution in [3.8, 4) is 5.75 Å². The Kier molecular flexibility index (Phi) is 9.02. The minimum atomic E-state index is -3.36. The van der Waals surface area contributed by atoms with Crippen molar-refractivity contribution in [2.45, 2.75) is 44.5 Å². The average Bonchev–Trinajstić information content (AvgIpc) is 2.88. The van der Waals surface area contributed by atoms with Crippen molar-refractivity contribution in [3.05, 3.63) is 96.1 Å². The lowest BCUT2D eigenvalue weighted by molar-refractivity contribution is -0.0279. The number of rotatable bonds is 11. The van der Waals surface area contributed by atoms with Crippen LogP contribution in [0.1, 0.15) is 43.4 Å². The number of anilines is 1. The van der Waals surface area contributed by atoms with Crippen molar-refractivity contribution in [1.82, 2.24) is 4.90 Å². The number of piperidine rings is 1. The molecule has 1 fully saturated rings. The van der Waals surface area contributed by atoms with E-state index in [1.807, 2.05) is 25.1 Å². The molecule has 0 amide bonds. The summed E-state index contributed by atoms with van der Waals surface area (Å²) in [4.78, 5) is 2.46. The average molecular weight is 509 g/mol. The zero-order valence-electron chi connectivity index (χ0n) is 21.0. The van der Waals surface area contributed by atoms with Gasteiger partial charge in [-0.05, 0) is 49.4 Å². The van der Waals surface area contributed by atoms with Gasteiger partial charge in [-0.2, -0.15) is 0 Å². The topological polar surface area (TPSA) is 67.9 Å². The molecule has 1 unspecified atom stereocenters. The Morgan fingerprint density at radius 2 is 1.44 bits per heavy atom. The van der Waals surface area contributed by atoms with Gasteiger partial charge in [0.15, 0.2) is 0 Å². The second-order valence-electron chi connectivity index (χ2n) is 9.47. The van der Waals surface area contributed by atoms with E-state index in [0.29, 0.717) is 11.4 Å². The van der Waals surface area contributed by atoms with Gasteiger partial charge in [-0.15, -0.1) is 0 Å².